The summed E-state index contributed by atoms with van der Waals surface area (Å²) in [5.74, 6) is 3.59. The van der Waals surface area contributed by atoms with Crippen molar-refractivity contribution in [2.75, 3.05) is 0 Å². The molecule has 0 radical (unpaired) electrons. The molecule has 1 atom stereocenters. The lowest BCUT2D eigenvalue weighted by atomic mass is 9.87. The molecule has 0 nitrogen and oxygen atoms in total. The highest BCUT2D eigenvalue weighted by Gasteiger charge is 2.31. The standard InChI is InChI=1S/C13H24/c1-10(2)6-5-7-13(11(3)4)12-8-9-12/h5-6,10-13H,7-9H2,1-4H3. The van der Waals surface area contributed by atoms with Crippen molar-refractivity contribution in [1.82, 2.24) is 0 Å². The average Bonchev–Trinajstić information content (AvgIpc) is 2.79. The van der Waals surface area contributed by atoms with Gasteiger partial charge in [0.05, 0.1) is 0 Å². The van der Waals surface area contributed by atoms with Crippen molar-refractivity contribution in [1.29, 1.82) is 0 Å². The molecule has 0 heterocycles. The second-order valence-electron chi connectivity index (χ2n) is 5.15. The van der Waals surface area contributed by atoms with E-state index in [4.69, 9.17) is 0 Å². The van der Waals surface area contributed by atoms with Crippen LogP contribution >= 0.6 is 0 Å². The van der Waals surface area contributed by atoms with Gasteiger partial charge in [0.1, 0.15) is 0 Å². The first kappa shape index (κ1) is 10.8. The molecule has 0 aromatic carbocycles. The first-order chi connectivity index (χ1) is 6.11. The van der Waals surface area contributed by atoms with Crippen LogP contribution in [-0.4, -0.2) is 0 Å². The topological polar surface area (TPSA) is 0 Å². The van der Waals surface area contributed by atoms with Gasteiger partial charge in [0.15, 0.2) is 0 Å². The van der Waals surface area contributed by atoms with Crippen LogP contribution in [0.4, 0.5) is 0 Å². The molecule has 0 aromatic rings. The quantitative estimate of drug-likeness (QED) is 0.554. The first-order valence-corrected chi connectivity index (χ1v) is 5.78. The van der Waals surface area contributed by atoms with Crippen LogP contribution in [0.15, 0.2) is 12.2 Å². The molecule has 1 aliphatic carbocycles. The zero-order valence-corrected chi connectivity index (χ0v) is 9.59. The lowest BCUT2D eigenvalue weighted by Crippen LogP contribution is -2.09. The van der Waals surface area contributed by atoms with Crippen LogP contribution in [0, 0.1) is 23.7 Å². The molecule has 0 heteroatoms. The third kappa shape index (κ3) is 3.97. The summed E-state index contributed by atoms with van der Waals surface area (Å²) in [4.78, 5) is 0. The fraction of sp³-hybridized carbons (Fsp3) is 0.846. The van der Waals surface area contributed by atoms with E-state index in [9.17, 15) is 0 Å². The maximum Gasteiger partial charge on any atom is -0.0290 e. The van der Waals surface area contributed by atoms with Crippen molar-refractivity contribution in [2.24, 2.45) is 23.7 Å². The van der Waals surface area contributed by atoms with Crippen molar-refractivity contribution in [3.05, 3.63) is 12.2 Å². The number of hydrogen-bond acceptors (Lipinski definition) is 0. The van der Waals surface area contributed by atoms with E-state index in [2.05, 4.69) is 39.8 Å². The zero-order chi connectivity index (χ0) is 9.84. The molecule has 0 saturated heterocycles. The first-order valence-electron chi connectivity index (χ1n) is 5.78. The molecule has 0 N–H and O–H groups in total. The SMILES string of the molecule is CC(C)C=CCC(C(C)C)C1CC1. The van der Waals surface area contributed by atoms with Gasteiger partial charge in [-0.15, -0.1) is 0 Å². The van der Waals surface area contributed by atoms with Crippen LogP contribution in [0.1, 0.15) is 47.0 Å². The minimum absolute atomic E-state index is 0.715. The van der Waals surface area contributed by atoms with Crippen LogP contribution < -0.4 is 0 Å². The van der Waals surface area contributed by atoms with E-state index in [1.54, 1.807) is 0 Å². The Morgan fingerprint density at radius 1 is 1.15 bits per heavy atom. The molecule has 0 amide bonds. The van der Waals surface area contributed by atoms with Gasteiger partial charge in [-0.3, -0.25) is 0 Å². The second-order valence-corrected chi connectivity index (χ2v) is 5.15. The molecule has 76 valence electrons. The average molecular weight is 180 g/mol. The molecule has 0 spiro atoms. The molecule has 1 saturated carbocycles. The van der Waals surface area contributed by atoms with E-state index in [0.717, 1.165) is 17.8 Å². The summed E-state index contributed by atoms with van der Waals surface area (Å²) in [6.45, 7) is 9.23. The third-order valence-corrected chi connectivity index (χ3v) is 3.01. The van der Waals surface area contributed by atoms with E-state index < -0.39 is 0 Å². The summed E-state index contributed by atoms with van der Waals surface area (Å²) in [5, 5.41) is 0. The smallest absolute Gasteiger partial charge is 0.0290 e. The third-order valence-electron chi connectivity index (χ3n) is 3.01. The molecule has 1 rings (SSSR count). The molecular formula is C13H24. The number of allylic oxidation sites excluding steroid dienone is 2. The Hall–Kier alpha value is -0.260. The summed E-state index contributed by atoms with van der Waals surface area (Å²) >= 11 is 0. The summed E-state index contributed by atoms with van der Waals surface area (Å²) in [6.07, 6.45) is 9.02. The van der Waals surface area contributed by atoms with Gasteiger partial charge in [-0.1, -0.05) is 39.8 Å². The van der Waals surface area contributed by atoms with Crippen LogP contribution in [-0.2, 0) is 0 Å². The van der Waals surface area contributed by atoms with Crippen molar-refractivity contribution in [2.45, 2.75) is 47.0 Å². The lowest BCUT2D eigenvalue weighted by Gasteiger charge is -2.18. The van der Waals surface area contributed by atoms with E-state index in [1.165, 1.54) is 19.3 Å². The fourth-order valence-corrected chi connectivity index (χ4v) is 2.04. The van der Waals surface area contributed by atoms with Gasteiger partial charge in [-0.05, 0) is 42.9 Å². The van der Waals surface area contributed by atoms with Gasteiger partial charge < -0.3 is 0 Å². The minimum atomic E-state index is 0.715. The maximum absolute atomic E-state index is 2.40. The normalized spacial score (nSPS) is 20.5. The van der Waals surface area contributed by atoms with Crippen LogP contribution in [0.25, 0.3) is 0 Å². The van der Waals surface area contributed by atoms with Gasteiger partial charge in [-0.25, -0.2) is 0 Å². The van der Waals surface area contributed by atoms with Gasteiger partial charge in [0, 0.05) is 0 Å². The molecule has 0 bridgehead atoms. The highest BCUT2D eigenvalue weighted by atomic mass is 14.4. The largest absolute Gasteiger partial charge is 0.0880 e. The highest BCUT2D eigenvalue weighted by Crippen LogP contribution is 2.42. The number of hydrogen-bond donors (Lipinski definition) is 0. The molecule has 1 aliphatic rings. The Bertz CT molecular complexity index is 159. The zero-order valence-electron chi connectivity index (χ0n) is 9.59. The molecule has 13 heavy (non-hydrogen) atoms. The number of rotatable bonds is 5. The summed E-state index contributed by atoms with van der Waals surface area (Å²) in [7, 11) is 0. The van der Waals surface area contributed by atoms with E-state index in [0.29, 0.717) is 5.92 Å². The Labute approximate surface area is 83.4 Å². The second kappa shape index (κ2) is 4.83. The van der Waals surface area contributed by atoms with Gasteiger partial charge >= 0.3 is 0 Å². The van der Waals surface area contributed by atoms with Gasteiger partial charge in [0.25, 0.3) is 0 Å². The van der Waals surface area contributed by atoms with Crippen molar-refractivity contribution >= 4 is 0 Å². The van der Waals surface area contributed by atoms with Crippen molar-refractivity contribution in [3.63, 3.8) is 0 Å². The molecule has 0 aromatic heterocycles. The van der Waals surface area contributed by atoms with E-state index in [-0.39, 0.29) is 0 Å². The minimum Gasteiger partial charge on any atom is -0.0880 e. The molecule has 1 fully saturated rings. The van der Waals surface area contributed by atoms with Crippen molar-refractivity contribution < 1.29 is 0 Å². The summed E-state index contributed by atoms with van der Waals surface area (Å²) < 4.78 is 0. The van der Waals surface area contributed by atoms with Crippen LogP contribution in [0.5, 0.6) is 0 Å². The molecule has 1 unspecified atom stereocenters. The maximum atomic E-state index is 2.40. The Balaban J connectivity index is 2.30. The predicted octanol–water partition coefficient (Wildman–Crippen LogP) is 4.27. The fourth-order valence-electron chi connectivity index (χ4n) is 2.04. The summed E-state index contributed by atoms with van der Waals surface area (Å²) in [6, 6.07) is 0. The van der Waals surface area contributed by atoms with E-state index >= 15 is 0 Å². The van der Waals surface area contributed by atoms with Crippen LogP contribution in [0.3, 0.4) is 0 Å². The Kier molecular flexibility index (Phi) is 4.02. The molecular weight excluding hydrogens is 156 g/mol. The molecule has 0 aliphatic heterocycles. The highest BCUT2D eigenvalue weighted by molar-refractivity contribution is 4.92. The Morgan fingerprint density at radius 3 is 2.15 bits per heavy atom. The lowest BCUT2D eigenvalue weighted by molar-refractivity contribution is 0.343. The van der Waals surface area contributed by atoms with E-state index in [1.807, 2.05) is 0 Å². The monoisotopic (exact) mass is 180 g/mol. The van der Waals surface area contributed by atoms with Gasteiger partial charge in [0.2, 0.25) is 0 Å². The van der Waals surface area contributed by atoms with Crippen molar-refractivity contribution in [3.8, 4) is 0 Å². The summed E-state index contributed by atoms with van der Waals surface area (Å²) in [5.41, 5.74) is 0. The van der Waals surface area contributed by atoms with Crippen LogP contribution in [0.2, 0.25) is 0 Å². The predicted molar refractivity (Wildman–Crippen MR) is 59.6 cm³/mol. The Morgan fingerprint density at radius 2 is 1.77 bits per heavy atom. The van der Waals surface area contributed by atoms with Gasteiger partial charge in [-0.2, -0.15) is 0 Å².